The number of nitrogens with zero attached hydrogens (tertiary/aromatic N) is 3. The van der Waals surface area contributed by atoms with Gasteiger partial charge in [0.1, 0.15) is 0 Å². The van der Waals surface area contributed by atoms with Gasteiger partial charge in [0, 0.05) is 34.7 Å². The van der Waals surface area contributed by atoms with E-state index in [0.29, 0.717) is 11.0 Å². The summed E-state index contributed by atoms with van der Waals surface area (Å²) in [7, 11) is 0. The van der Waals surface area contributed by atoms with Crippen molar-refractivity contribution in [1.82, 2.24) is 15.0 Å². The van der Waals surface area contributed by atoms with Gasteiger partial charge in [-0.2, -0.15) is 0 Å². The van der Waals surface area contributed by atoms with E-state index in [9.17, 15) is 0 Å². The molecule has 0 saturated carbocycles. The Morgan fingerprint density at radius 3 is 2.84 bits per heavy atom. The number of fused-ring (bicyclic) bond motifs is 3. The summed E-state index contributed by atoms with van der Waals surface area (Å²) >= 11 is 6.13. The van der Waals surface area contributed by atoms with Gasteiger partial charge in [0.15, 0.2) is 0 Å². The number of hydrogen-bond acceptors (Lipinski definition) is 5. The van der Waals surface area contributed by atoms with Gasteiger partial charge in [0.25, 0.3) is 0 Å². The summed E-state index contributed by atoms with van der Waals surface area (Å²) in [5, 5.41) is 7.41. The number of pyridine rings is 1. The first-order valence-corrected chi connectivity index (χ1v) is 8.59. The number of halogens is 1. The summed E-state index contributed by atoms with van der Waals surface area (Å²) in [5.41, 5.74) is 6.93. The highest BCUT2D eigenvalue weighted by molar-refractivity contribution is 6.31. The zero-order valence-electron chi connectivity index (χ0n) is 14.1. The fraction of sp³-hybridized carbons (Fsp3) is 0.211. The Labute approximate surface area is 151 Å². The van der Waals surface area contributed by atoms with Crippen molar-refractivity contribution >= 4 is 28.9 Å². The molecule has 0 atom stereocenters. The van der Waals surface area contributed by atoms with Crippen LogP contribution in [0.5, 0.6) is 0 Å². The zero-order valence-corrected chi connectivity index (χ0v) is 14.9. The van der Waals surface area contributed by atoms with E-state index in [1.807, 2.05) is 50.4 Å². The Kier molecular flexibility index (Phi) is 4.01. The van der Waals surface area contributed by atoms with Crippen LogP contribution in [0.25, 0.3) is 11.3 Å². The summed E-state index contributed by atoms with van der Waals surface area (Å²) in [6, 6.07) is 9.81. The third-order valence-corrected chi connectivity index (χ3v) is 4.52. The molecular weight excluding hydrogens is 334 g/mol. The molecule has 3 heterocycles. The SMILES string of the molecule is Cc1ccc(Nc2ncc3c(n2)-c2ccc(Cl)cc2NCC3)c(C)n1. The smallest absolute Gasteiger partial charge is 0.227 e. The second-order valence-corrected chi connectivity index (χ2v) is 6.58. The third kappa shape index (κ3) is 3.15. The minimum atomic E-state index is 0.565. The zero-order chi connectivity index (χ0) is 17.4. The molecule has 0 amide bonds. The molecule has 1 aliphatic rings. The van der Waals surface area contributed by atoms with Gasteiger partial charge >= 0.3 is 0 Å². The highest BCUT2D eigenvalue weighted by Crippen LogP contribution is 2.34. The normalized spacial score (nSPS) is 12.6. The first-order valence-electron chi connectivity index (χ1n) is 8.21. The second-order valence-electron chi connectivity index (χ2n) is 6.14. The van der Waals surface area contributed by atoms with Gasteiger partial charge in [-0.05, 0) is 56.2 Å². The summed E-state index contributed by atoms with van der Waals surface area (Å²) in [5.74, 6) is 0.565. The number of benzene rings is 1. The van der Waals surface area contributed by atoms with Gasteiger partial charge in [-0.1, -0.05) is 11.6 Å². The van der Waals surface area contributed by atoms with Crippen LogP contribution in [0.1, 0.15) is 17.0 Å². The molecular formula is C19H18ClN5. The lowest BCUT2D eigenvalue weighted by Crippen LogP contribution is -2.04. The van der Waals surface area contributed by atoms with E-state index in [2.05, 4.69) is 20.6 Å². The standard InChI is InChI=1S/C19H18ClN5/c1-11-3-6-16(12(2)23-11)24-19-22-10-13-7-8-21-17-9-14(20)4-5-15(17)18(13)25-19/h3-6,9-10,21H,7-8H2,1-2H3,(H,22,24,25). The van der Waals surface area contributed by atoms with Crippen LogP contribution in [0.4, 0.5) is 17.3 Å². The maximum Gasteiger partial charge on any atom is 0.227 e. The van der Waals surface area contributed by atoms with Gasteiger partial charge in [-0.3, -0.25) is 4.98 Å². The monoisotopic (exact) mass is 351 g/mol. The molecule has 0 saturated heterocycles. The Hall–Kier alpha value is -2.66. The fourth-order valence-electron chi connectivity index (χ4n) is 3.02. The second kappa shape index (κ2) is 6.33. The Morgan fingerprint density at radius 1 is 1.12 bits per heavy atom. The van der Waals surface area contributed by atoms with E-state index in [1.54, 1.807) is 0 Å². The molecule has 0 radical (unpaired) electrons. The Balaban J connectivity index is 1.75. The summed E-state index contributed by atoms with van der Waals surface area (Å²) in [6.07, 6.45) is 2.76. The van der Waals surface area contributed by atoms with E-state index in [0.717, 1.165) is 52.5 Å². The molecule has 25 heavy (non-hydrogen) atoms. The minimum absolute atomic E-state index is 0.565. The molecule has 1 aliphatic heterocycles. The van der Waals surface area contributed by atoms with Crippen LogP contribution in [0.15, 0.2) is 36.5 Å². The largest absolute Gasteiger partial charge is 0.384 e. The Morgan fingerprint density at radius 2 is 2.00 bits per heavy atom. The predicted molar refractivity (Wildman–Crippen MR) is 102 cm³/mol. The molecule has 0 aliphatic carbocycles. The highest BCUT2D eigenvalue weighted by atomic mass is 35.5. The van der Waals surface area contributed by atoms with E-state index >= 15 is 0 Å². The van der Waals surface area contributed by atoms with Crippen molar-refractivity contribution in [2.24, 2.45) is 0 Å². The van der Waals surface area contributed by atoms with Crippen molar-refractivity contribution < 1.29 is 0 Å². The van der Waals surface area contributed by atoms with Crippen LogP contribution in [-0.4, -0.2) is 21.5 Å². The highest BCUT2D eigenvalue weighted by Gasteiger charge is 2.17. The molecule has 0 unspecified atom stereocenters. The number of anilines is 3. The van der Waals surface area contributed by atoms with Gasteiger partial charge in [0.05, 0.1) is 17.1 Å². The number of rotatable bonds is 2. The average molecular weight is 352 g/mol. The minimum Gasteiger partial charge on any atom is -0.384 e. The lowest BCUT2D eigenvalue weighted by molar-refractivity contribution is 1.00. The quantitative estimate of drug-likeness (QED) is 0.710. The van der Waals surface area contributed by atoms with Crippen LogP contribution < -0.4 is 10.6 Å². The van der Waals surface area contributed by atoms with E-state index in [1.165, 1.54) is 0 Å². The molecule has 3 aromatic rings. The van der Waals surface area contributed by atoms with Crippen molar-refractivity contribution in [3.05, 3.63) is 58.5 Å². The van der Waals surface area contributed by atoms with Gasteiger partial charge < -0.3 is 10.6 Å². The molecule has 0 spiro atoms. The molecule has 2 aromatic heterocycles. The fourth-order valence-corrected chi connectivity index (χ4v) is 3.20. The topological polar surface area (TPSA) is 62.7 Å². The molecule has 6 heteroatoms. The molecule has 0 fully saturated rings. The van der Waals surface area contributed by atoms with Gasteiger partial charge in [-0.25, -0.2) is 9.97 Å². The molecule has 0 bridgehead atoms. The van der Waals surface area contributed by atoms with Crippen LogP contribution in [0.3, 0.4) is 0 Å². The van der Waals surface area contributed by atoms with Crippen molar-refractivity contribution in [1.29, 1.82) is 0 Å². The van der Waals surface area contributed by atoms with E-state index in [-0.39, 0.29) is 0 Å². The molecule has 4 rings (SSSR count). The summed E-state index contributed by atoms with van der Waals surface area (Å²) < 4.78 is 0. The first kappa shape index (κ1) is 15.8. The van der Waals surface area contributed by atoms with E-state index in [4.69, 9.17) is 16.6 Å². The van der Waals surface area contributed by atoms with Crippen LogP contribution in [0, 0.1) is 13.8 Å². The predicted octanol–water partition coefficient (Wildman–Crippen LogP) is 4.52. The molecule has 126 valence electrons. The average Bonchev–Trinajstić information content (AvgIpc) is 2.76. The van der Waals surface area contributed by atoms with Crippen LogP contribution in [0.2, 0.25) is 5.02 Å². The lowest BCUT2D eigenvalue weighted by atomic mass is 10.1. The first-order chi connectivity index (χ1) is 12.1. The van der Waals surface area contributed by atoms with Crippen LogP contribution >= 0.6 is 11.6 Å². The number of hydrogen-bond donors (Lipinski definition) is 2. The van der Waals surface area contributed by atoms with Crippen molar-refractivity contribution in [3.63, 3.8) is 0 Å². The van der Waals surface area contributed by atoms with Crippen molar-refractivity contribution in [2.45, 2.75) is 20.3 Å². The number of nitrogens with one attached hydrogen (secondary N) is 2. The molecule has 5 nitrogen and oxygen atoms in total. The van der Waals surface area contributed by atoms with Crippen LogP contribution in [-0.2, 0) is 6.42 Å². The maximum absolute atomic E-state index is 6.13. The molecule has 1 aromatic carbocycles. The van der Waals surface area contributed by atoms with Gasteiger partial charge in [0.2, 0.25) is 5.95 Å². The molecule has 2 N–H and O–H groups in total. The maximum atomic E-state index is 6.13. The van der Waals surface area contributed by atoms with E-state index < -0.39 is 0 Å². The third-order valence-electron chi connectivity index (χ3n) is 4.28. The number of aryl methyl sites for hydroxylation is 2. The number of aromatic nitrogens is 3. The Bertz CT molecular complexity index is 955. The lowest BCUT2D eigenvalue weighted by Gasteiger charge is -2.12. The van der Waals surface area contributed by atoms with Gasteiger partial charge in [-0.15, -0.1) is 0 Å². The summed E-state index contributed by atoms with van der Waals surface area (Å²) in [4.78, 5) is 13.7. The van der Waals surface area contributed by atoms with Crippen molar-refractivity contribution in [3.8, 4) is 11.3 Å². The van der Waals surface area contributed by atoms with Crippen molar-refractivity contribution in [2.75, 3.05) is 17.2 Å². The summed E-state index contributed by atoms with van der Waals surface area (Å²) in [6.45, 7) is 4.78.